The fourth-order valence-corrected chi connectivity index (χ4v) is 6.87. The van der Waals surface area contributed by atoms with Crippen molar-refractivity contribution in [1.82, 2.24) is 15.0 Å². The number of nitrogens with one attached hydrogen (secondary N) is 1. The number of methoxy groups -OCH3 is 2. The minimum Gasteiger partial charge on any atom is -0.493 e. The lowest BCUT2D eigenvalue weighted by atomic mass is 9.97. The molecule has 1 N–H and O–H groups in total. The molecule has 2 aromatic heterocycles. The molecule has 0 unspecified atom stereocenters. The molecule has 1 amide bonds. The molecule has 0 saturated carbocycles. The lowest BCUT2D eigenvalue weighted by Gasteiger charge is -2.14. The van der Waals surface area contributed by atoms with Crippen LogP contribution in [0.25, 0.3) is 15.9 Å². The van der Waals surface area contributed by atoms with Crippen LogP contribution in [0.1, 0.15) is 41.3 Å². The number of ether oxygens (including phenoxy) is 3. The van der Waals surface area contributed by atoms with Gasteiger partial charge in [-0.15, -0.1) is 11.3 Å². The van der Waals surface area contributed by atoms with Gasteiger partial charge in [0.2, 0.25) is 5.75 Å². The highest BCUT2D eigenvalue weighted by atomic mass is 32.2. The smallest absolute Gasteiger partial charge is 0.308 e. The molecule has 42 heavy (non-hydrogen) atoms. The number of thiophene rings is 1. The van der Waals surface area contributed by atoms with Crippen molar-refractivity contribution in [3.05, 3.63) is 68.3 Å². The summed E-state index contributed by atoms with van der Waals surface area (Å²) in [4.78, 5) is 44.9. The Labute approximate surface area is 250 Å². The standard InChI is InChI=1S/C30H30N4O6S2/c1-17-9-11-20(12-10-17)34-29(37)26-21-7-5-6-8-24(21)42-28(26)32-30(34)41-16-25(36)33-31-15-19-13-22(38-3)27(40-18(2)35)23(14-19)39-4/h9-15H,5-8,16H2,1-4H3,(H,33,36). The molecule has 10 nitrogen and oxygen atoms in total. The molecule has 0 radical (unpaired) electrons. The molecule has 5 rings (SSSR count). The van der Waals surface area contributed by atoms with Crippen LogP contribution in [0.4, 0.5) is 0 Å². The third-order valence-electron chi connectivity index (χ3n) is 6.71. The van der Waals surface area contributed by atoms with Crippen LogP contribution in [0.2, 0.25) is 0 Å². The van der Waals surface area contributed by atoms with E-state index in [2.05, 4.69) is 10.5 Å². The van der Waals surface area contributed by atoms with Crippen molar-refractivity contribution in [3.8, 4) is 22.9 Å². The van der Waals surface area contributed by atoms with Crippen molar-refractivity contribution >= 4 is 51.4 Å². The van der Waals surface area contributed by atoms with E-state index >= 15 is 0 Å². The number of carbonyl (C=O) groups is 2. The molecule has 0 fully saturated rings. The molecule has 2 aromatic carbocycles. The summed E-state index contributed by atoms with van der Waals surface area (Å²) in [5.41, 5.74) is 5.86. The van der Waals surface area contributed by atoms with E-state index in [0.717, 1.165) is 41.6 Å². The summed E-state index contributed by atoms with van der Waals surface area (Å²) >= 11 is 2.76. The van der Waals surface area contributed by atoms with Crippen LogP contribution in [0.15, 0.2) is 51.5 Å². The molecule has 218 valence electrons. The molecule has 0 atom stereocenters. The average molecular weight is 607 g/mol. The first-order chi connectivity index (χ1) is 20.3. The Bertz CT molecular complexity index is 1720. The molecule has 2 heterocycles. The van der Waals surface area contributed by atoms with Gasteiger partial charge in [-0.25, -0.2) is 10.4 Å². The molecule has 4 aromatic rings. The van der Waals surface area contributed by atoms with Crippen molar-refractivity contribution in [3.63, 3.8) is 0 Å². The maximum atomic E-state index is 13.9. The van der Waals surface area contributed by atoms with Crippen LogP contribution >= 0.6 is 23.1 Å². The summed E-state index contributed by atoms with van der Waals surface area (Å²) in [5.74, 6) is -0.192. The zero-order chi connectivity index (χ0) is 29.8. The highest BCUT2D eigenvalue weighted by Crippen LogP contribution is 2.38. The SMILES string of the molecule is COc1cc(C=NNC(=O)CSc2nc3sc4c(c3c(=O)n2-c2ccc(C)cc2)CCCC4)cc(OC)c1OC(C)=O. The fraction of sp³-hybridized carbons (Fsp3) is 0.300. The Balaban J connectivity index is 1.37. The minimum absolute atomic E-state index is 0.00965. The number of benzene rings is 2. The summed E-state index contributed by atoms with van der Waals surface area (Å²) in [5, 5.41) is 5.20. The molecule has 1 aliphatic carbocycles. The van der Waals surface area contributed by atoms with Gasteiger partial charge in [-0.05, 0) is 62.4 Å². The van der Waals surface area contributed by atoms with Gasteiger partial charge < -0.3 is 14.2 Å². The predicted molar refractivity (Wildman–Crippen MR) is 164 cm³/mol. The number of aryl methyl sites for hydroxylation is 3. The second kappa shape index (κ2) is 12.8. The van der Waals surface area contributed by atoms with Gasteiger partial charge in [-0.1, -0.05) is 29.5 Å². The van der Waals surface area contributed by atoms with E-state index in [0.29, 0.717) is 21.8 Å². The second-order valence-electron chi connectivity index (χ2n) is 9.69. The Hall–Kier alpha value is -4.16. The summed E-state index contributed by atoms with van der Waals surface area (Å²) in [6, 6.07) is 10.9. The van der Waals surface area contributed by atoms with Crippen LogP contribution < -0.4 is 25.2 Å². The maximum absolute atomic E-state index is 13.9. The number of hydrogen-bond donors (Lipinski definition) is 1. The lowest BCUT2D eigenvalue weighted by molar-refractivity contribution is -0.132. The minimum atomic E-state index is -0.516. The summed E-state index contributed by atoms with van der Waals surface area (Å²) in [7, 11) is 2.88. The first-order valence-electron chi connectivity index (χ1n) is 13.3. The fourth-order valence-electron chi connectivity index (χ4n) is 4.76. The number of hydrogen-bond acceptors (Lipinski definition) is 10. The number of thioether (sulfide) groups is 1. The largest absolute Gasteiger partial charge is 0.493 e. The predicted octanol–water partition coefficient (Wildman–Crippen LogP) is 4.82. The van der Waals surface area contributed by atoms with Crippen LogP contribution in [0.5, 0.6) is 17.2 Å². The normalized spacial score (nSPS) is 12.8. The van der Waals surface area contributed by atoms with E-state index in [-0.39, 0.29) is 34.5 Å². The molecular formula is C30H30N4O6S2. The van der Waals surface area contributed by atoms with Crippen LogP contribution in [0.3, 0.4) is 0 Å². The van der Waals surface area contributed by atoms with Crippen molar-refractivity contribution in [1.29, 1.82) is 0 Å². The van der Waals surface area contributed by atoms with Crippen molar-refractivity contribution in [2.75, 3.05) is 20.0 Å². The number of carbonyl (C=O) groups excluding carboxylic acids is 2. The maximum Gasteiger partial charge on any atom is 0.308 e. The summed E-state index contributed by atoms with van der Waals surface area (Å²) in [6.07, 6.45) is 5.46. The number of fused-ring (bicyclic) bond motifs is 3. The third-order valence-corrected chi connectivity index (χ3v) is 8.84. The zero-order valence-corrected chi connectivity index (χ0v) is 25.3. The summed E-state index contributed by atoms with van der Waals surface area (Å²) < 4.78 is 17.4. The van der Waals surface area contributed by atoms with Gasteiger partial charge in [-0.3, -0.25) is 19.0 Å². The summed E-state index contributed by atoms with van der Waals surface area (Å²) in [6.45, 7) is 3.27. The van der Waals surface area contributed by atoms with E-state index in [1.54, 1.807) is 28.0 Å². The molecule has 12 heteroatoms. The van der Waals surface area contributed by atoms with Crippen molar-refractivity contribution < 1.29 is 23.8 Å². The number of hydrazone groups is 1. The zero-order valence-electron chi connectivity index (χ0n) is 23.7. The topological polar surface area (TPSA) is 121 Å². The van der Waals surface area contributed by atoms with Crippen molar-refractivity contribution in [2.45, 2.75) is 44.7 Å². The Morgan fingerprint density at radius 2 is 1.81 bits per heavy atom. The first-order valence-corrected chi connectivity index (χ1v) is 15.1. The second-order valence-corrected chi connectivity index (χ2v) is 11.7. The van der Waals surface area contributed by atoms with Gasteiger partial charge in [0.1, 0.15) is 4.83 Å². The van der Waals surface area contributed by atoms with Gasteiger partial charge >= 0.3 is 5.97 Å². The van der Waals surface area contributed by atoms with Gasteiger partial charge in [0.05, 0.1) is 37.3 Å². The van der Waals surface area contributed by atoms with Gasteiger partial charge in [0, 0.05) is 17.4 Å². The number of amides is 1. The molecule has 0 aliphatic heterocycles. The molecule has 0 bridgehead atoms. The highest BCUT2D eigenvalue weighted by molar-refractivity contribution is 7.99. The number of esters is 1. The number of rotatable bonds is 9. The molecule has 1 aliphatic rings. The Morgan fingerprint density at radius 1 is 1.12 bits per heavy atom. The van der Waals surface area contributed by atoms with E-state index in [4.69, 9.17) is 19.2 Å². The van der Waals surface area contributed by atoms with Crippen LogP contribution in [-0.2, 0) is 22.4 Å². The monoisotopic (exact) mass is 606 g/mol. The van der Waals surface area contributed by atoms with Crippen LogP contribution in [0, 0.1) is 6.92 Å². The molecule has 0 spiro atoms. The molecule has 0 saturated heterocycles. The van der Waals surface area contributed by atoms with E-state index < -0.39 is 5.97 Å². The first kappa shape index (κ1) is 29.3. The Morgan fingerprint density at radius 3 is 2.48 bits per heavy atom. The quantitative estimate of drug-likeness (QED) is 0.0719. The van der Waals surface area contributed by atoms with E-state index in [1.807, 2.05) is 31.2 Å². The van der Waals surface area contributed by atoms with Gasteiger partial charge in [0.25, 0.3) is 11.5 Å². The Kier molecular flexibility index (Phi) is 8.93. The third kappa shape index (κ3) is 6.19. The lowest BCUT2D eigenvalue weighted by Crippen LogP contribution is -2.24. The average Bonchev–Trinajstić information content (AvgIpc) is 3.35. The van der Waals surface area contributed by atoms with E-state index in [1.165, 1.54) is 44.0 Å². The van der Waals surface area contributed by atoms with Gasteiger partial charge in [0.15, 0.2) is 16.7 Å². The highest BCUT2D eigenvalue weighted by Gasteiger charge is 2.23. The van der Waals surface area contributed by atoms with E-state index in [9.17, 15) is 14.4 Å². The molecular weight excluding hydrogens is 576 g/mol. The number of aromatic nitrogens is 2. The number of nitrogens with zero attached hydrogens (tertiary/aromatic N) is 3. The van der Waals surface area contributed by atoms with Crippen molar-refractivity contribution in [2.24, 2.45) is 5.10 Å². The van der Waals surface area contributed by atoms with Gasteiger partial charge in [-0.2, -0.15) is 5.10 Å². The van der Waals surface area contributed by atoms with Crippen LogP contribution in [-0.4, -0.2) is 47.6 Å².